The van der Waals surface area contributed by atoms with Crippen LogP contribution in [0.25, 0.3) is 0 Å². The molecule has 0 N–H and O–H groups in total. The smallest absolute Gasteiger partial charge is 0.192 e. The molecule has 0 aromatic heterocycles. The maximum absolute atomic E-state index is 6.28. The van der Waals surface area contributed by atoms with Gasteiger partial charge in [-0.3, -0.25) is 0 Å². The van der Waals surface area contributed by atoms with Gasteiger partial charge in [-0.2, -0.15) is 0 Å². The molecule has 0 unspecified atom stereocenters. The van der Waals surface area contributed by atoms with Crippen LogP contribution in [0.1, 0.15) is 41.0 Å². The molecule has 1 aliphatic rings. The lowest BCUT2D eigenvalue weighted by molar-refractivity contribution is 0.151. The van der Waals surface area contributed by atoms with Crippen LogP contribution in [-0.2, 0) is 9.16 Å². The predicted octanol–water partition coefficient (Wildman–Crippen LogP) is 3.58. The van der Waals surface area contributed by atoms with Gasteiger partial charge in [-0.25, -0.2) is 0 Å². The first-order chi connectivity index (χ1) is 6.56. The van der Waals surface area contributed by atoms with Crippen LogP contribution in [-0.4, -0.2) is 26.6 Å². The number of epoxide rings is 1. The van der Waals surface area contributed by atoms with Crippen LogP contribution in [0.2, 0.25) is 18.1 Å². The summed E-state index contributed by atoms with van der Waals surface area (Å²) in [6, 6.07) is 0. The molecule has 1 heterocycles. The van der Waals surface area contributed by atoms with Crippen molar-refractivity contribution in [2.75, 3.05) is 6.61 Å². The van der Waals surface area contributed by atoms with Gasteiger partial charge in [0.1, 0.15) is 0 Å². The second kappa shape index (κ2) is 3.86. The Kier molecular flexibility index (Phi) is 3.40. The zero-order chi connectivity index (χ0) is 11.9. The molecule has 1 fully saturated rings. The van der Waals surface area contributed by atoms with Crippen molar-refractivity contribution >= 4 is 8.32 Å². The van der Waals surface area contributed by atoms with Gasteiger partial charge in [0.15, 0.2) is 8.32 Å². The maximum atomic E-state index is 6.28. The minimum Gasteiger partial charge on any atom is -0.414 e. The molecule has 0 amide bonds. The van der Waals surface area contributed by atoms with Crippen molar-refractivity contribution in [3.05, 3.63) is 0 Å². The minimum atomic E-state index is -1.60. The molecular formula is C12H26O2Si. The molecular weight excluding hydrogens is 204 g/mol. The van der Waals surface area contributed by atoms with E-state index < -0.39 is 8.32 Å². The van der Waals surface area contributed by atoms with E-state index in [1.54, 1.807) is 0 Å². The highest BCUT2D eigenvalue weighted by Crippen LogP contribution is 2.39. The summed E-state index contributed by atoms with van der Waals surface area (Å²) in [6.45, 7) is 16.7. The number of ether oxygens (including phenoxy) is 1. The van der Waals surface area contributed by atoms with Crippen LogP contribution in [0.4, 0.5) is 0 Å². The lowest BCUT2D eigenvalue weighted by Crippen LogP contribution is -2.44. The van der Waals surface area contributed by atoms with Crippen LogP contribution in [0.15, 0.2) is 0 Å². The van der Waals surface area contributed by atoms with E-state index in [1.807, 2.05) is 0 Å². The fourth-order valence-corrected chi connectivity index (χ4v) is 3.01. The molecule has 2 atom stereocenters. The summed E-state index contributed by atoms with van der Waals surface area (Å²) < 4.78 is 11.7. The van der Waals surface area contributed by atoms with E-state index in [0.717, 1.165) is 13.0 Å². The lowest BCUT2D eigenvalue weighted by Gasteiger charge is -2.38. The number of rotatable bonds is 4. The zero-order valence-corrected chi connectivity index (χ0v) is 12.3. The van der Waals surface area contributed by atoms with Gasteiger partial charge < -0.3 is 9.16 Å². The average Bonchev–Trinajstić information content (AvgIpc) is 2.62. The lowest BCUT2D eigenvalue weighted by atomic mass is 10.1. The third kappa shape index (κ3) is 3.57. The average molecular weight is 230 g/mol. The van der Waals surface area contributed by atoms with Crippen molar-refractivity contribution in [1.82, 2.24) is 0 Å². The number of hydrogen-bond donors (Lipinski definition) is 0. The van der Waals surface area contributed by atoms with Gasteiger partial charge in [0.25, 0.3) is 0 Å². The Hall–Kier alpha value is 0.137. The summed E-state index contributed by atoms with van der Waals surface area (Å²) >= 11 is 0. The molecule has 1 aliphatic heterocycles. The molecule has 0 aromatic carbocycles. The monoisotopic (exact) mass is 230 g/mol. The van der Waals surface area contributed by atoms with Crippen LogP contribution in [0, 0.1) is 0 Å². The van der Waals surface area contributed by atoms with Gasteiger partial charge >= 0.3 is 0 Å². The van der Waals surface area contributed by atoms with E-state index in [-0.39, 0.29) is 5.60 Å². The molecule has 90 valence electrons. The second-order valence-corrected chi connectivity index (χ2v) is 11.4. The Bertz CT molecular complexity index is 226. The molecule has 1 rings (SSSR count). The molecule has 0 aliphatic carbocycles. The summed E-state index contributed by atoms with van der Waals surface area (Å²) in [6.07, 6.45) is 1.35. The highest BCUT2D eigenvalue weighted by molar-refractivity contribution is 6.74. The first-order valence-corrected chi connectivity index (χ1v) is 8.78. The van der Waals surface area contributed by atoms with Gasteiger partial charge in [0.2, 0.25) is 0 Å². The minimum absolute atomic E-state index is 0.113. The predicted molar refractivity (Wildman–Crippen MR) is 66.7 cm³/mol. The zero-order valence-electron chi connectivity index (χ0n) is 11.3. The summed E-state index contributed by atoms with van der Waals surface area (Å²) in [5.41, 5.74) is 0.113. The van der Waals surface area contributed by atoms with Crippen LogP contribution < -0.4 is 0 Å². The first kappa shape index (κ1) is 13.2. The Balaban J connectivity index is 2.46. The highest BCUT2D eigenvalue weighted by Gasteiger charge is 2.43. The molecule has 3 heteroatoms. The molecule has 0 saturated carbocycles. The third-order valence-electron chi connectivity index (χ3n) is 3.66. The summed E-state index contributed by atoms with van der Waals surface area (Å²) in [5.74, 6) is 0. The molecule has 2 nitrogen and oxygen atoms in total. The summed E-state index contributed by atoms with van der Waals surface area (Å²) in [7, 11) is -1.60. The van der Waals surface area contributed by atoms with Crippen molar-refractivity contribution in [2.45, 2.75) is 70.9 Å². The van der Waals surface area contributed by atoms with E-state index in [0.29, 0.717) is 11.1 Å². The topological polar surface area (TPSA) is 21.8 Å². The van der Waals surface area contributed by atoms with E-state index in [1.165, 1.54) is 0 Å². The fraction of sp³-hybridized carbons (Fsp3) is 1.00. The Morgan fingerprint density at radius 2 is 1.87 bits per heavy atom. The van der Waals surface area contributed by atoms with Gasteiger partial charge in [0.05, 0.1) is 12.2 Å². The van der Waals surface area contributed by atoms with Crippen molar-refractivity contribution < 1.29 is 9.16 Å². The van der Waals surface area contributed by atoms with E-state index >= 15 is 0 Å². The van der Waals surface area contributed by atoms with Crippen molar-refractivity contribution in [3.63, 3.8) is 0 Å². The van der Waals surface area contributed by atoms with Crippen LogP contribution in [0.3, 0.4) is 0 Å². The molecule has 0 radical (unpaired) electrons. The summed E-state index contributed by atoms with van der Waals surface area (Å²) in [4.78, 5) is 0. The van der Waals surface area contributed by atoms with E-state index in [4.69, 9.17) is 9.16 Å². The third-order valence-corrected chi connectivity index (χ3v) is 8.26. The SMILES string of the molecule is C[C@@H](C[C@]1(C)CO1)O[Si](C)(C)C(C)(C)C. The highest BCUT2D eigenvalue weighted by atomic mass is 28.4. The second-order valence-electron chi connectivity index (χ2n) is 6.63. The first-order valence-electron chi connectivity index (χ1n) is 5.88. The Morgan fingerprint density at radius 3 is 2.20 bits per heavy atom. The molecule has 15 heavy (non-hydrogen) atoms. The van der Waals surface area contributed by atoms with Gasteiger partial charge in [0, 0.05) is 12.5 Å². The number of hydrogen-bond acceptors (Lipinski definition) is 2. The van der Waals surface area contributed by atoms with Gasteiger partial charge in [-0.15, -0.1) is 0 Å². The quantitative estimate of drug-likeness (QED) is 0.544. The molecule has 0 aromatic rings. The van der Waals surface area contributed by atoms with Crippen molar-refractivity contribution in [2.24, 2.45) is 0 Å². The van der Waals surface area contributed by atoms with Crippen LogP contribution in [0.5, 0.6) is 0 Å². The van der Waals surface area contributed by atoms with E-state index in [2.05, 4.69) is 47.7 Å². The molecule has 0 spiro atoms. The van der Waals surface area contributed by atoms with Crippen molar-refractivity contribution in [3.8, 4) is 0 Å². The fourth-order valence-electron chi connectivity index (χ4n) is 1.57. The van der Waals surface area contributed by atoms with Gasteiger partial charge in [-0.05, 0) is 32.0 Å². The Labute approximate surface area is 95.5 Å². The molecule has 0 bridgehead atoms. The van der Waals surface area contributed by atoms with E-state index in [9.17, 15) is 0 Å². The maximum Gasteiger partial charge on any atom is 0.192 e. The summed E-state index contributed by atoms with van der Waals surface area (Å²) in [5, 5.41) is 0.298. The van der Waals surface area contributed by atoms with Crippen molar-refractivity contribution in [1.29, 1.82) is 0 Å². The standard InChI is InChI=1S/C12H26O2Si/c1-10(8-12(5)9-13-12)14-15(6,7)11(2,3)4/h10H,8-9H2,1-7H3/t10-,12+/m0/s1. The Morgan fingerprint density at radius 1 is 1.40 bits per heavy atom. The molecule has 1 saturated heterocycles. The van der Waals surface area contributed by atoms with Crippen LogP contribution >= 0.6 is 0 Å². The normalized spacial score (nSPS) is 29.0. The van der Waals surface area contributed by atoms with Gasteiger partial charge in [-0.1, -0.05) is 20.8 Å². The largest absolute Gasteiger partial charge is 0.414 e.